The second kappa shape index (κ2) is 12.4. The molecule has 6 atom stereocenters. The van der Waals surface area contributed by atoms with E-state index in [0.29, 0.717) is 0 Å². The molecule has 0 radical (unpaired) electrons. The van der Waals surface area contributed by atoms with E-state index < -0.39 is 84.8 Å². The highest BCUT2D eigenvalue weighted by Crippen LogP contribution is 2.02. The van der Waals surface area contributed by atoms with Gasteiger partial charge in [-0.05, 0) is 13.8 Å². The SMILES string of the molecule is CC(O)C(NC(=O)C(NC(=O)C(CC(N)=O)NC(=O)C(N)CC(=O)O)C(C)O)C(=O)O. The predicted octanol–water partition coefficient (Wildman–Crippen LogP) is -5.04. The lowest BCUT2D eigenvalue weighted by molar-refractivity contribution is -0.146. The van der Waals surface area contributed by atoms with E-state index in [1.165, 1.54) is 0 Å². The van der Waals surface area contributed by atoms with E-state index in [2.05, 4.69) is 0 Å². The number of carboxylic acid groups (broad SMARTS) is 2. The molecule has 6 unspecified atom stereocenters. The quantitative estimate of drug-likeness (QED) is 0.128. The second-order valence-corrected chi connectivity index (χ2v) is 6.73. The number of primary amides is 1. The molecule has 0 aromatic heterocycles. The summed E-state index contributed by atoms with van der Waals surface area (Å²) in [5.41, 5.74) is 10.4. The third kappa shape index (κ3) is 9.83. The van der Waals surface area contributed by atoms with Crippen molar-refractivity contribution in [3.8, 4) is 0 Å². The molecule has 176 valence electrons. The molecule has 0 saturated carbocycles. The van der Waals surface area contributed by atoms with E-state index in [1.807, 2.05) is 16.0 Å². The molecule has 0 rings (SSSR count). The Balaban J connectivity index is 5.46. The molecular weight excluding hydrogens is 422 g/mol. The third-order valence-corrected chi connectivity index (χ3v) is 3.88. The Kier molecular flexibility index (Phi) is 11.1. The minimum absolute atomic E-state index is 0.753. The number of aliphatic carboxylic acids is 2. The summed E-state index contributed by atoms with van der Waals surface area (Å²) in [7, 11) is 0. The molecule has 0 aromatic rings. The predicted molar refractivity (Wildman–Crippen MR) is 101 cm³/mol. The van der Waals surface area contributed by atoms with Crippen molar-refractivity contribution in [2.24, 2.45) is 11.5 Å². The average molecular weight is 449 g/mol. The number of amides is 4. The highest BCUT2D eigenvalue weighted by atomic mass is 16.4. The van der Waals surface area contributed by atoms with Crippen LogP contribution in [0, 0.1) is 0 Å². The first-order valence-electron chi connectivity index (χ1n) is 8.93. The third-order valence-electron chi connectivity index (χ3n) is 3.88. The zero-order chi connectivity index (χ0) is 24.5. The van der Waals surface area contributed by atoms with Crippen molar-refractivity contribution in [3.63, 3.8) is 0 Å². The molecule has 15 nitrogen and oxygen atoms in total. The summed E-state index contributed by atoms with van der Waals surface area (Å²) in [4.78, 5) is 69.8. The van der Waals surface area contributed by atoms with Crippen LogP contribution in [0.3, 0.4) is 0 Å². The number of hydrogen-bond donors (Lipinski definition) is 9. The Morgan fingerprint density at radius 2 is 1.26 bits per heavy atom. The molecule has 0 aliphatic carbocycles. The van der Waals surface area contributed by atoms with Gasteiger partial charge in [0.05, 0.1) is 31.1 Å². The molecule has 0 spiro atoms. The first-order valence-corrected chi connectivity index (χ1v) is 8.93. The van der Waals surface area contributed by atoms with Gasteiger partial charge in [-0.2, -0.15) is 0 Å². The monoisotopic (exact) mass is 449 g/mol. The van der Waals surface area contributed by atoms with Gasteiger partial charge in [-0.25, -0.2) is 4.79 Å². The maximum Gasteiger partial charge on any atom is 0.328 e. The van der Waals surface area contributed by atoms with Crippen molar-refractivity contribution in [1.82, 2.24) is 16.0 Å². The van der Waals surface area contributed by atoms with Crippen LogP contribution in [0.4, 0.5) is 0 Å². The summed E-state index contributed by atoms with van der Waals surface area (Å²) in [6.07, 6.45) is -4.60. The lowest BCUT2D eigenvalue weighted by Gasteiger charge is -2.26. The van der Waals surface area contributed by atoms with Crippen LogP contribution in [0.15, 0.2) is 0 Å². The molecule has 31 heavy (non-hydrogen) atoms. The lowest BCUT2D eigenvalue weighted by atomic mass is 10.1. The van der Waals surface area contributed by atoms with Crippen LogP contribution in [-0.4, -0.2) is 92.4 Å². The maximum atomic E-state index is 12.5. The van der Waals surface area contributed by atoms with Crippen LogP contribution in [0.5, 0.6) is 0 Å². The average Bonchev–Trinajstić information content (AvgIpc) is 2.61. The summed E-state index contributed by atoms with van der Waals surface area (Å²) < 4.78 is 0. The largest absolute Gasteiger partial charge is 0.481 e. The van der Waals surface area contributed by atoms with Crippen LogP contribution >= 0.6 is 0 Å². The number of nitrogens with one attached hydrogen (secondary N) is 3. The standard InChI is InChI=1S/C16H27N5O10/c1-5(22)11(15(29)21-12(6(2)23)16(30)31)20-14(28)8(4-9(18)24)19-13(27)7(17)3-10(25)26/h5-8,11-12,22-23H,3-4,17H2,1-2H3,(H2,18,24)(H,19,27)(H,20,28)(H,21,29)(H,25,26)(H,30,31). The minimum atomic E-state index is -1.75. The van der Waals surface area contributed by atoms with Gasteiger partial charge in [-0.15, -0.1) is 0 Å². The van der Waals surface area contributed by atoms with Crippen LogP contribution < -0.4 is 27.4 Å². The fraction of sp³-hybridized carbons (Fsp3) is 0.625. The van der Waals surface area contributed by atoms with Gasteiger partial charge in [0, 0.05) is 0 Å². The van der Waals surface area contributed by atoms with Gasteiger partial charge in [0.25, 0.3) is 0 Å². The first kappa shape index (κ1) is 27.7. The van der Waals surface area contributed by atoms with E-state index in [1.54, 1.807) is 0 Å². The van der Waals surface area contributed by atoms with Crippen LogP contribution in [0.1, 0.15) is 26.7 Å². The minimum Gasteiger partial charge on any atom is -0.481 e. The number of nitrogens with two attached hydrogens (primary N) is 2. The van der Waals surface area contributed by atoms with Crippen molar-refractivity contribution < 1.29 is 49.2 Å². The Morgan fingerprint density at radius 1 is 0.774 bits per heavy atom. The Hall–Kier alpha value is -3.30. The normalized spacial score (nSPS) is 16.5. The number of rotatable bonds is 13. The molecular formula is C16H27N5O10. The number of aliphatic hydroxyl groups is 2. The Bertz CT molecular complexity index is 711. The van der Waals surface area contributed by atoms with Crippen molar-refractivity contribution in [2.45, 2.75) is 63.1 Å². The van der Waals surface area contributed by atoms with E-state index in [4.69, 9.17) is 21.7 Å². The number of carbonyl (C=O) groups excluding carboxylic acids is 4. The second-order valence-electron chi connectivity index (χ2n) is 6.73. The van der Waals surface area contributed by atoms with E-state index in [9.17, 15) is 39.0 Å². The zero-order valence-electron chi connectivity index (χ0n) is 16.8. The van der Waals surface area contributed by atoms with Crippen molar-refractivity contribution >= 4 is 35.6 Å². The molecule has 0 aliphatic rings. The van der Waals surface area contributed by atoms with Crippen LogP contribution in [-0.2, 0) is 28.8 Å². The van der Waals surface area contributed by atoms with Crippen molar-refractivity contribution in [3.05, 3.63) is 0 Å². The van der Waals surface area contributed by atoms with E-state index >= 15 is 0 Å². The summed E-state index contributed by atoms with van der Waals surface area (Å²) in [5.74, 6) is -7.45. The lowest BCUT2D eigenvalue weighted by Crippen LogP contribution is -2.61. The highest BCUT2D eigenvalue weighted by Gasteiger charge is 2.34. The van der Waals surface area contributed by atoms with Crippen LogP contribution in [0.25, 0.3) is 0 Å². The fourth-order valence-corrected chi connectivity index (χ4v) is 2.26. The number of hydrogen-bond acceptors (Lipinski definition) is 9. The van der Waals surface area contributed by atoms with Gasteiger partial charge in [0.1, 0.15) is 12.1 Å². The summed E-state index contributed by atoms with van der Waals surface area (Å²) in [6.45, 7) is 2.18. The van der Waals surface area contributed by atoms with Gasteiger partial charge in [-0.1, -0.05) is 0 Å². The van der Waals surface area contributed by atoms with Gasteiger partial charge in [0.2, 0.25) is 23.6 Å². The zero-order valence-corrected chi connectivity index (χ0v) is 16.8. The number of carboxylic acids is 2. The summed E-state index contributed by atoms with van der Waals surface area (Å²) in [6, 6.07) is -6.72. The molecule has 0 heterocycles. The van der Waals surface area contributed by atoms with Crippen LogP contribution in [0.2, 0.25) is 0 Å². The van der Waals surface area contributed by atoms with Gasteiger partial charge < -0.3 is 47.8 Å². The summed E-state index contributed by atoms with van der Waals surface area (Å²) in [5, 5.41) is 42.9. The van der Waals surface area contributed by atoms with Gasteiger partial charge in [-0.3, -0.25) is 24.0 Å². The molecule has 0 aliphatic heterocycles. The number of aliphatic hydroxyl groups excluding tert-OH is 2. The smallest absolute Gasteiger partial charge is 0.328 e. The Labute approximate surface area is 176 Å². The molecule has 15 heteroatoms. The molecule has 11 N–H and O–H groups in total. The highest BCUT2D eigenvalue weighted by molar-refractivity contribution is 5.96. The summed E-state index contributed by atoms with van der Waals surface area (Å²) >= 11 is 0. The number of carbonyl (C=O) groups is 6. The van der Waals surface area contributed by atoms with Gasteiger partial charge >= 0.3 is 11.9 Å². The van der Waals surface area contributed by atoms with E-state index in [0.717, 1.165) is 13.8 Å². The molecule has 0 aromatic carbocycles. The van der Waals surface area contributed by atoms with Gasteiger partial charge in [0.15, 0.2) is 6.04 Å². The molecule has 0 bridgehead atoms. The van der Waals surface area contributed by atoms with E-state index in [-0.39, 0.29) is 0 Å². The molecule has 4 amide bonds. The first-order chi connectivity index (χ1) is 14.2. The Morgan fingerprint density at radius 3 is 1.65 bits per heavy atom. The molecule has 0 fully saturated rings. The molecule has 0 saturated heterocycles. The van der Waals surface area contributed by atoms with Crippen molar-refractivity contribution in [1.29, 1.82) is 0 Å². The maximum absolute atomic E-state index is 12.5. The van der Waals surface area contributed by atoms with Crippen molar-refractivity contribution in [2.75, 3.05) is 0 Å². The topological polar surface area (TPSA) is 271 Å². The fourth-order valence-electron chi connectivity index (χ4n) is 2.26.